The minimum Gasteiger partial charge on any atom is -0.457 e. The predicted octanol–water partition coefficient (Wildman–Crippen LogP) is 4.28. The van der Waals surface area contributed by atoms with Gasteiger partial charge in [-0.1, -0.05) is 48.5 Å². The summed E-state index contributed by atoms with van der Waals surface area (Å²) in [5.41, 5.74) is 3.06. The van der Waals surface area contributed by atoms with Crippen molar-refractivity contribution < 1.29 is 42.2 Å². The van der Waals surface area contributed by atoms with E-state index >= 15 is 0 Å². The molecule has 0 unspecified atom stereocenters. The van der Waals surface area contributed by atoms with E-state index in [1.807, 2.05) is 47.1 Å². The first-order chi connectivity index (χ1) is 11.3. The molecule has 2 aromatic heterocycles. The molecule has 0 spiro atoms. The van der Waals surface area contributed by atoms with E-state index in [0.29, 0.717) is 18.1 Å². The number of nitrogens with zero attached hydrogens (tertiary/aromatic N) is 2. The summed E-state index contributed by atoms with van der Waals surface area (Å²) in [7, 11) is 0. The molecular weight excluding hydrogens is 389 g/mol. The maximum atomic E-state index is 9.19. The van der Waals surface area contributed by atoms with Crippen LogP contribution in [0.2, 0.25) is 0 Å². The number of hydrogen-bond donors (Lipinski definition) is 1. The molecule has 0 aliphatic carbocycles. The van der Waals surface area contributed by atoms with Gasteiger partial charge in [-0.2, -0.15) is 5.10 Å². The van der Waals surface area contributed by atoms with Gasteiger partial charge in [0.25, 0.3) is 0 Å². The van der Waals surface area contributed by atoms with Gasteiger partial charge in [-0.15, -0.1) is 0 Å². The van der Waals surface area contributed by atoms with E-state index in [0.717, 1.165) is 16.6 Å². The second-order valence-electron chi connectivity index (χ2n) is 5.43. The first-order valence-corrected chi connectivity index (χ1v) is 7.54. The van der Waals surface area contributed by atoms with Crippen molar-refractivity contribution in [3.05, 3.63) is 85.5 Å². The van der Waals surface area contributed by atoms with Gasteiger partial charge < -0.3 is 17.0 Å². The number of hydrogen-bond acceptors (Lipinski definition) is 3. The molecule has 1 radical (unpaired) electrons. The SMILES string of the molecule is OCc1ccc(-c2nn(Cc3ccccc3)c3ccccc23)o1.[CH3-].[Y]. The minimum atomic E-state index is -0.108. The number of aromatic nitrogens is 2. The van der Waals surface area contributed by atoms with Gasteiger partial charge in [-0.3, -0.25) is 4.68 Å². The first-order valence-electron chi connectivity index (χ1n) is 7.54. The van der Waals surface area contributed by atoms with Gasteiger partial charge in [-0.25, -0.2) is 0 Å². The summed E-state index contributed by atoms with van der Waals surface area (Å²) in [5, 5.41) is 15.0. The average molecular weight is 408 g/mol. The fourth-order valence-electron chi connectivity index (χ4n) is 2.78. The van der Waals surface area contributed by atoms with Crippen molar-refractivity contribution in [3.63, 3.8) is 0 Å². The van der Waals surface area contributed by atoms with E-state index in [1.165, 1.54) is 5.56 Å². The molecule has 4 nitrogen and oxygen atoms in total. The summed E-state index contributed by atoms with van der Waals surface area (Å²) >= 11 is 0. The van der Waals surface area contributed by atoms with Crippen LogP contribution in [0, 0.1) is 7.43 Å². The Balaban J connectivity index is 0.00000113. The van der Waals surface area contributed by atoms with E-state index < -0.39 is 0 Å². The van der Waals surface area contributed by atoms with Crippen LogP contribution in [0.4, 0.5) is 0 Å². The van der Waals surface area contributed by atoms with E-state index in [2.05, 4.69) is 18.2 Å². The summed E-state index contributed by atoms with van der Waals surface area (Å²) in [6.07, 6.45) is 0. The summed E-state index contributed by atoms with van der Waals surface area (Å²) in [6, 6.07) is 22.0. The Bertz CT molecular complexity index is 945. The van der Waals surface area contributed by atoms with Gasteiger partial charge >= 0.3 is 0 Å². The zero-order valence-corrected chi connectivity index (χ0v) is 16.9. The number of fused-ring (bicyclic) bond motifs is 1. The second kappa shape index (κ2) is 8.57. The maximum Gasteiger partial charge on any atom is 0.155 e. The molecule has 0 fully saturated rings. The fourth-order valence-corrected chi connectivity index (χ4v) is 2.78. The molecular formula is C20H19N2O2Y-. The van der Waals surface area contributed by atoms with Gasteiger partial charge in [0.05, 0.1) is 12.1 Å². The fraction of sp³-hybridized carbons (Fsp3) is 0.100. The summed E-state index contributed by atoms with van der Waals surface area (Å²) in [4.78, 5) is 0. The summed E-state index contributed by atoms with van der Waals surface area (Å²) in [5.74, 6) is 1.22. The Labute approximate surface area is 172 Å². The third-order valence-corrected chi connectivity index (χ3v) is 3.88. The third kappa shape index (κ3) is 3.92. The molecule has 5 heteroatoms. The second-order valence-corrected chi connectivity index (χ2v) is 5.43. The van der Waals surface area contributed by atoms with Crippen LogP contribution >= 0.6 is 0 Å². The van der Waals surface area contributed by atoms with E-state index in [9.17, 15) is 5.11 Å². The molecule has 4 aromatic rings. The van der Waals surface area contributed by atoms with Crippen LogP contribution in [-0.4, -0.2) is 14.9 Å². The molecule has 2 aromatic carbocycles. The monoisotopic (exact) mass is 408 g/mol. The average Bonchev–Trinajstić information content (AvgIpc) is 3.21. The number of furan rings is 1. The van der Waals surface area contributed by atoms with E-state index in [4.69, 9.17) is 9.52 Å². The molecule has 0 amide bonds. The maximum absolute atomic E-state index is 9.19. The third-order valence-electron chi connectivity index (χ3n) is 3.88. The molecule has 25 heavy (non-hydrogen) atoms. The van der Waals surface area contributed by atoms with Gasteiger partial charge in [-0.05, 0) is 23.8 Å². The molecule has 4 rings (SSSR count). The quantitative estimate of drug-likeness (QED) is 0.513. The van der Waals surface area contributed by atoms with Gasteiger partial charge in [0.15, 0.2) is 5.76 Å². The van der Waals surface area contributed by atoms with Crippen molar-refractivity contribution in [2.45, 2.75) is 13.2 Å². The number of para-hydroxylation sites is 1. The molecule has 0 saturated carbocycles. The van der Waals surface area contributed by atoms with Crippen LogP contribution in [0.1, 0.15) is 11.3 Å². The molecule has 0 bridgehead atoms. The minimum absolute atomic E-state index is 0. The molecule has 0 aliphatic rings. The zero-order chi connectivity index (χ0) is 15.6. The summed E-state index contributed by atoms with van der Waals surface area (Å²) < 4.78 is 7.65. The van der Waals surface area contributed by atoms with Crippen molar-refractivity contribution >= 4 is 10.9 Å². The Morgan fingerprint density at radius 2 is 1.64 bits per heavy atom. The Kier molecular flexibility index (Phi) is 6.71. The smallest absolute Gasteiger partial charge is 0.155 e. The molecule has 0 aliphatic heterocycles. The molecule has 0 saturated heterocycles. The Hall–Kier alpha value is -1.75. The van der Waals surface area contributed by atoms with Crippen molar-refractivity contribution in [2.75, 3.05) is 0 Å². The largest absolute Gasteiger partial charge is 0.457 e. The van der Waals surface area contributed by atoms with Crippen molar-refractivity contribution in [3.8, 4) is 11.5 Å². The number of rotatable bonds is 4. The van der Waals surface area contributed by atoms with Crippen molar-refractivity contribution in [1.29, 1.82) is 0 Å². The normalized spacial score (nSPS) is 10.3. The molecule has 125 valence electrons. The first kappa shape index (κ1) is 19.6. The van der Waals surface area contributed by atoms with Crippen LogP contribution in [0.5, 0.6) is 0 Å². The van der Waals surface area contributed by atoms with Crippen LogP contribution in [-0.2, 0) is 45.9 Å². The topological polar surface area (TPSA) is 51.2 Å². The van der Waals surface area contributed by atoms with Crippen molar-refractivity contribution in [2.24, 2.45) is 0 Å². The standard InChI is InChI=1S/C19H16N2O2.CH3.Y/c22-13-15-10-11-18(23-15)19-16-8-4-5-9-17(16)21(20-19)12-14-6-2-1-3-7-14;;/h1-11,22H,12-13H2;1H3;/q;-1;. The molecule has 1 N–H and O–H groups in total. The molecule has 0 atom stereocenters. The van der Waals surface area contributed by atoms with Gasteiger partial charge in [0, 0.05) is 38.1 Å². The predicted molar refractivity (Wildman–Crippen MR) is 95.3 cm³/mol. The summed E-state index contributed by atoms with van der Waals surface area (Å²) in [6.45, 7) is 0.595. The Morgan fingerprint density at radius 3 is 2.36 bits per heavy atom. The molecule has 2 heterocycles. The van der Waals surface area contributed by atoms with Crippen LogP contribution < -0.4 is 0 Å². The Morgan fingerprint density at radius 1 is 0.920 bits per heavy atom. The van der Waals surface area contributed by atoms with Crippen molar-refractivity contribution in [1.82, 2.24) is 9.78 Å². The van der Waals surface area contributed by atoms with Gasteiger partial charge in [0.2, 0.25) is 0 Å². The van der Waals surface area contributed by atoms with Crippen LogP contribution in [0.25, 0.3) is 22.4 Å². The number of aliphatic hydroxyl groups excluding tert-OH is 1. The van der Waals surface area contributed by atoms with Crippen LogP contribution in [0.3, 0.4) is 0 Å². The number of aliphatic hydroxyl groups is 1. The van der Waals surface area contributed by atoms with Crippen LogP contribution in [0.15, 0.2) is 71.1 Å². The zero-order valence-electron chi connectivity index (χ0n) is 14.1. The van der Waals surface area contributed by atoms with Gasteiger partial charge in [0.1, 0.15) is 18.1 Å². The van der Waals surface area contributed by atoms with E-state index in [-0.39, 0.29) is 46.7 Å². The van der Waals surface area contributed by atoms with E-state index in [1.54, 1.807) is 6.07 Å². The number of benzene rings is 2.